The predicted octanol–water partition coefficient (Wildman–Crippen LogP) is 13.2. The third-order valence-corrected chi connectivity index (χ3v) is 10.7. The van der Waals surface area contributed by atoms with Crippen LogP contribution in [-0.2, 0) is 27.9 Å². The van der Waals surface area contributed by atoms with E-state index in [2.05, 4.69) is 38.2 Å². The van der Waals surface area contributed by atoms with Crippen LogP contribution < -0.4 is 0 Å². The molecule has 0 amide bonds. The summed E-state index contributed by atoms with van der Waals surface area (Å²) in [5, 5.41) is 0. The van der Waals surface area contributed by atoms with Crippen LogP contribution in [0.5, 0.6) is 0 Å². The second kappa shape index (κ2) is 38.8. The summed E-state index contributed by atoms with van der Waals surface area (Å²) in [6.45, 7) is 5.61. The molecule has 320 valence electrons. The van der Waals surface area contributed by atoms with Gasteiger partial charge in [-0.2, -0.15) is 0 Å². The lowest BCUT2D eigenvalue weighted by molar-refractivity contribution is -0.870. The van der Waals surface area contributed by atoms with Crippen LogP contribution in [0.4, 0.5) is 0 Å². The molecule has 1 N–H and O–H groups in total. The van der Waals surface area contributed by atoms with Gasteiger partial charge in [-0.3, -0.25) is 13.8 Å². The summed E-state index contributed by atoms with van der Waals surface area (Å²) in [5.74, 6) is -0.314. The average molecular weight is 787 g/mol. The Bertz CT molecular complexity index is 920. The van der Waals surface area contributed by atoms with Gasteiger partial charge in [0.25, 0.3) is 0 Å². The highest BCUT2D eigenvalue weighted by molar-refractivity contribution is 7.47. The topological polar surface area (TPSA) is 91.3 Å². The standard InChI is InChI=1S/C45H88NO7P/c1-6-8-10-12-14-16-18-20-22-23-24-25-27-29-31-33-35-37-40-50-42-44(43-52-54(48,49)51-41-39-46(3,4)5)53-45(47)38-36-34-32-30-28-26-21-19-17-15-13-11-9-7-2/h14,16,20,22,44H,6-13,15,17-19,21,23-43H2,1-5H3/p+1/b16-14-,22-20-. The van der Waals surface area contributed by atoms with Gasteiger partial charge in [-0.15, -0.1) is 0 Å². The molecule has 0 radical (unpaired) electrons. The number of hydrogen-bond donors (Lipinski definition) is 1. The lowest BCUT2D eigenvalue weighted by atomic mass is 10.0. The van der Waals surface area contributed by atoms with E-state index >= 15 is 0 Å². The van der Waals surface area contributed by atoms with E-state index in [4.69, 9.17) is 18.5 Å². The molecule has 0 spiro atoms. The first-order valence-corrected chi connectivity index (χ1v) is 24.1. The number of quaternary nitrogens is 1. The van der Waals surface area contributed by atoms with Crippen LogP contribution in [-0.4, -0.2) is 75.6 Å². The monoisotopic (exact) mass is 787 g/mol. The first kappa shape index (κ1) is 53.0. The smallest absolute Gasteiger partial charge is 0.457 e. The van der Waals surface area contributed by atoms with Crippen LogP contribution >= 0.6 is 7.82 Å². The molecule has 9 heteroatoms. The van der Waals surface area contributed by atoms with Crippen molar-refractivity contribution in [2.24, 2.45) is 0 Å². The zero-order valence-corrected chi connectivity index (χ0v) is 37.1. The number of rotatable bonds is 42. The third kappa shape index (κ3) is 42.1. The molecule has 0 aromatic heterocycles. The summed E-state index contributed by atoms with van der Waals surface area (Å²) in [5.41, 5.74) is 0. The van der Waals surface area contributed by atoms with Crippen molar-refractivity contribution in [1.82, 2.24) is 0 Å². The van der Waals surface area contributed by atoms with E-state index in [1.54, 1.807) is 0 Å². The van der Waals surface area contributed by atoms with Gasteiger partial charge in [0, 0.05) is 13.0 Å². The molecule has 0 aliphatic heterocycles. The SMILES string of the molecule is CCCCC/C=C\C/C=C\CCCCCCCCCCOCC(COP(=O)(O)OCC[N+](C)(C)C)OC(=O)CCCCCCCCCCCCCCCC. The van der Waals surface area contributed by atoms with E-state index in [1.165, 1.54) is 141 Å². The molecule has 0 saturated heterocycles. The Morgan fingerprint density at radius 1 is 0.574 bits per heavy atom. The highest BCUT2D eigenvalue weighted by Gasteiger charge is 2.26. The lowest BCUT2D eigenvalue weighted by Gasteiger charge is -2.24. The zero-order valence-electron chi connectivity index (χ0n) is 36.2. The maximum Gasteiger partial charge on any atom is 0.472 e. The van der Waals surface area contributed by atoms with Crippen molar-refractivity contribution in [2.45, 2.75) is 206 Å². The van der Waals surface area contributed by atoms with Crippen molar-refractivity contribution in [2.75, 3.05) is 54.1 Å². The average Bonchev–Trinajstić information content (AvgIpc) is 3.12. The maximum atomic E-state index is 12.7. The Hall–Kier alpha value is -1.02. The number of allylic oxidation sites excluding steroid dienone is 4. The molecule has 0 aromatic rings. The van der Waals surface area contributed by atoms with Gasteiger partial charge >= 0.3 is 13.8 Å². The molecule has 2 atom stereocenters. The number of carbonyl (C=O) groups is 1. The first-order valence-electron chi connectivity index (χ1n) is 22.6. The molecular weight excluding hydrogens is 697 g/mol. The van der Waals surface area contributed by atoms with Crippen LogP contribution in [0.15, 0.2) is 24.3 Å². The van der Waals surface area contributed by atoms with Crippen LogP contribution in [0.2, 0.25) is 0 Å². The number of nitrogens with zero attached hydrogens (tertiary/aromatic N) is 1. The normalized spacial score (nSPS) is 14.0. The van der Waals surface area contributed by atoms with Gasteiger partial charge in [0.2, 0.25) is 0 Å². The van der Waals surface area contributed by atoms with Crippen molar-refractivity contribution < 1.29 is 37.3 Å². The number of unbranched alkanes of at least 4 members (excludes halogenated alkanes) is 24. The second-order valence-corrected chi connectivity index (χ2v) is 17.9. The fraction of sp³-hybridized carbons (Fsp3) is 0.889. The van der Waals surface area contributed by atoms with Gasteiger partial charge in [0.15, 0.2) is 0 Å². The van der Waals surface area contributed by atoms with Crippen molar-refractivity contribution in [3.63, 3.8) is 0 Å². The van der Waals surface area contributed by atoms with E-state index in [-0.39, 0.29) is 25.8 Å². The number of ether oxygens (including phenoxy) is 2. The number of esters is 1. The summed E-state index contributed by atoms with van der Waals surface area (Å²) in [7, 11) is 1.67. The molecular formula is C45H89NO7P+. The number of phosphoric acid groups is 1. The van der Waals surface area contributed by atoms with Crippen LogP contribution in [0.1, 0.15) is 200 Å². The largest absolute Gasteiger partial charge is 0.472 e. The highest BCUT2D eigenvalue weighted by atomic mass is 31.2. The van der Waals surface area contributed by atoms with Crippen LogP contribution in [0.3, 0.4) is 0 Å². The molecule has 0 rings (SSSR count). The second-order valence-electron chi connectivity index (χ2n) is 16.4. The molecule has 8 nitrogen and oxygen atoms in total. The fourth-order valence-corrected chi connectivity index (χ4v) is 6.97. The summed E-state index contributed by atoms with van der Waals surface area (Å²) < 4.78 is 35.0. The Morgan fingerprint density at radius 2 is 1.02 bits per heavy atom. The molecule has 2 unspecified atom stereocenters. The highest BCUT2D eigenvalue weighted by Crippen LogP contribution is 2.43. The Balaban J connectivity index is 4.20. The third-order valence-electron chi connectivity index (χ3n) is 9.77. The molecule has 0 fully saturated rings. The fourth-order valence-electron chi connectivity index (χ4n) is 6.23. The van der Waals surface area contributed by atoms with Crippen molar-refractivity contribution in [3.8, 4) is 0 Å². The molecule has 0 saturated carbocycles. The Kier molecular flexibility index (Phi) is 38.1. The molecule has 0 aromatic carbocycles. The summed E-state index contributed by atoms with van der Waals surface area (Å²) >= 11 is 0. The van der Waals surface area contributed by atoms with E-state index in [9.17, 15) is 14.3 Å². The van der Waals surface area contributed by atoms with Gasteiger partial charge in [0.05, 0.1) is 34.4 Å². The van der Waals surface area contributed by atoms with E-state index in [1.807, 2.05) is 21.1 Å². The van der Waals surface area contributed by atoms with Crippen LogP contribution in [0.25, 0.3) is 0 Å². The number of hydrogen-bond acceptors (Lipinski definition) is 6. The van der Waals surface area contributed by atoms with Gasteiger partial charge in [-0.05, 0) is 44.9 Å². The lowest BCUT2D eigenvalue weighted by Crippen LogP contribution is -2.37. The molecule has 54 heavy (non-hydrogen) atoms. The van der Waals surface area contributed by atoms with E-state index < -0.39 is 13.9 Å². The maximum absolute atomic E-state index is 12.7. The summed E-state index contributed by atoms with van der Waals surface area (Å²) in [6, 6.07) is 0. The van der Waals surface area contributed by atoms with Gasteiger partial charge < -0.3 is 18.9 Å². The number of phosphoric ester groups is 1. The minimum atomic E-state index is -4.27. The number of likely N-dealkylation sites (N-methyl/N-ethyl adjacent to an activating group) is 1. The van der Waals surface area contributed by atoms with Crippen molar-refractivity contribution in [3.05, 3.63) is 24.3 Å². The first-order chi connectivity index (χ1) is 26.1. The number of carbonyl (C=O) groups excluding carboxylic acids is 1. The van der Waals surface area contributed by atoms with Crippen molar-refractivity contribution >= 4 is 13.8 Å². The van der Waals surface area contributed by atoms with E-state index in [0.29, 0.717) is 24.1 Å². The van der Waals surface area contributed by atoms with Crippen molar-refractivity contribution in [1.29, 1.82) is 0 Å². The minimum Gasteiger partial charge on any atom is -0.457 e. The van der Waals surface area contributed by atoms with Gasteiger partial charge in [-0.1, -0.05) is 173 Å². The summed E-state index contributed by atoms with van der Waals surface area (Å²) in [6.07, 6.45) is 43.4. The van der Waals surface area contributed by atoms with Gasteiger partial charge in [-0.25, -0.2) is 4.57 Å². The molecule has 0 bridgehead atoms. The van der Waals surface area contributed by atoms with E-state index in [0.717, 1.165) is 38.5 Å². The quantitative estimate of drug-likeness (QED) is 0.0217. The molecule has 0 heterocycles. The molecule has 0 aliphatic carbocycles. The Labute approximate surface area is 334 Å². The zero-order chi connectivity index (χ0) is 39.9. The van der Waals surface area contributed by atoms with Gasteiger partial charge in [0.1, 0.15) is 19.3 Å². The molecule has 0 aliphatic rings. The Morgan fingerprint density at radius 3 is 1.54 bits per heavy atom. The van der Waals surface area contributed by atoms with Crippen LogP contribution in [0, 0.1) is 0 Å². The minimum absolute atomic E-state index is 0.0893. The summed E-state index contributed by atoms with van der Waals surface area (Å²) in [4.78, 5) is 22.9. The predicted molar refractivity (Wildman–Crippen MR) is 229 cm³/mol.